The quantitative estimate of drug-likeness (QED) is 0.109. The van der Waals surface area contributed by atoms with Gasteiger partial charge in [-0.05, 0) is 54.1 Å². The maximum atomic E-state index is 13.5. The average Bonchev–Trinajstić information content (AvgIpc) is 3.41. The highest BCUT2D eigenvalue weighted by molar-refractivity contribution is 14.1. The summed E-state index contributed by atoms with van der Waals surface area (Å²) in [5, 5.41) is -4.75. The van der Waals surface area contributed by atoms with Crippen molar-refractivity contribution in [3.05, 3.63) is 39.5 Å². The fraction of sp³-hybridized carbons (Fsp3) is 0.455. The average molecular weight is 656 g/mol. The van der Waals surface area contributed by atoms with Gasteiger partial charge in [-0.3, -0.25) is 14.1 Å². The monoisotopic (exact) mass is 656 g/mol. The standard InChI is InChI=1S/C22H19F2IO11S/c1-8(2)18(26)34-9-3-4-13(25)10(5-9)19(27)35-16-11-6-12-15(21(29)36-17(12)16)14(11)20(28)33-7-22(23,24)37(30,31)32/h3-5,11-12,14-17H,1,6-7H2,2H3,(H,30,31,32). The molecule has 15 heteroatoms. The molecule has 37 heavy (non-hydrogen) atoms. The van der Waals surface area contributed by atoms with E-state index >= 15 is 0 Å². The predicted octanol–water partition coefficient (Wildman–Crippen LogP) is 2.13. The number of carbonyl (C=O) groups excluding carboxylic acids is 4. The van der Waals surface area contributed by atoms with E-state index in [4.69, 9.17) is 18.8 Å². The lowest BCUT2D eigenvalue weighted by molar-refractivity contribution is -0.161. The zero-order valence-corrected chi connectivity index (χ0v) is 21.9. The summed E-state index contributed by atoms with van der Waals surface area (Å²) in [4.78, 5) is 49.9. The van der Waals surface area contributed by atoms with Gasteiger partial charge in [0.05, 0.1) is 17.4 Å². The molecular weight excluding hydrogens is 637 g/mol. The van der Waals surface area contributed by atoms with Crippen molar-refractivity contribution in [2.45, 2.75) is 30.8 Å². The molecule has 1 N–H and O–H groups in total. The van der Waals surface area contributed by atoms with Crippen LogP contribution < -0.4 is 4.74 Å². The zero-order chi connectivity index (χ0) is 27.4. The number of fused-ring (bicyclic) bond motifs is 1. The van der Waals surface area contributed by atoms with Gasteiger partial charge in [0.15, 0.2) is 6.61 Å². The lowest BCUT2D eigenvalue weighted by Crippen LogP contribution is -2.45. The normalized spacial score (nSPS) is 28.0. The van der Waals surface area contributed by atoms with E-state index in [0.29, 0.717) is 3.57 Å². The molecule has 4 rings (SSSR count). The summed E-state index contributed by atoms with van der Waals surface area (Å²) in [6.45, 7) is 2.96. The molecule has 0 spiro atoms. The third kappa shape index (κ3) is 4.95. The van der Waals surface area contributed by atoms with Gasteiger partial charge in [-0.1, -0.05) is 6.58 Å². The van der Waals surface area contributed by atoms with E-state index in [1.54, 1.807) is 0 Å². The van der Waals surface area contributed by atoms with Gasteiger partial charge >= 0.3 is 39.2 Å². The van der Waals surface area contributed by atoms with Crippen molar-refractivity contribution in [3.8, 4) is 5.75 Å². The van der Waals surface area contributed by atoms with Crippen LogP contribution in [-0.2, 0) is 38.7 Å². The van der Waals surface area contributed by atoms with Gasteiger partial charge in [-0.15, -0.1) is 0 Å². The van der Waals surface area contributed by atoms with Crippen LogP contribution in [0.25, 0.3) is 0 Å². The molecule has 1 heterocycles. The van der Waals surface area contributed by atoms with Gasteiger partial charge in [0.1, 0.15) is 18.0 Å². The smallest absolute Gasteiger partial charge is 0.402 e. The Balaban J connectivity index is 1.52. The Hall–Kier alpha value is -2.66. The van der Waals surface area contributed by atoms with Gasteiger partial charge in [0, 0.05) is 21.0 Å². The number of benzene rings is 1. The molecule has 0 amide bonds. The Labute approximate surface area is 222 Å². The third-order valence-electron chi connectivity index (χ3n) is 6.54. The van der Waals surface area contributed by atoms with E-state index in [1.165, 1.54) is 25.1 Å². The first-order chi connectivity index (χ1) is 17.1. The first kappa shape index (κ1) is 27.4. The van der Waals surface area contributed by atoms with Crippen LogP contribution in [0.1, 0.15) is 23.7 Å². The lowest BCUT2D eigenvalue weighted by Gasteiger charge is -2.30. The summed E-state index contributed by atoms with van der Waals surface area (Å²) in [5.41, 5.74) is 0.151. The molecule has 3 fully saturated rings. The largest absolute Gasteiger partial charge is 0.458 e. The number of hydrogen-bond acceptors (Lipinski definition) is 10. The fourth-order valence-corrected chi connectivity index (χ4v) is 5.66. The SMILES string of the molecule is C=C(C)C(=O)Oc1ccc(I)c(C(=O)OC2C3CC4C2OC(=O)C4C3C(=O)OCC(F)(F)S(=O)(=O)O)c1. The molecule has 1 aliphatic heterocycles. The van der Waals surface area contributed by atoms with E-state index in [9.17, 15) is 36.4 Å². The summed E-state index contributed by atoms with van der Waals surface area (Å²) in [5.74, 6) is -7.36. The van der Waals surface area contributed by atoms with Gasteiger partial charge in [-0.2, -0.15) is 17.2 Å². The molecule has 6 unspecified atom stereocenters. The molecule has 0 radical (unpaired) electrons. The van der Waals surface area contributed by atoms with Crippen molar-refractivity contribution >= 4 is 56.6 Å². The molecular formula is C22H19F2IO11S. The predicted molar refractivity (Wildman–Crippen MR) is 125 cm³/mol. The first-order valence-corrected chi connectivity index (χ1v) is 13.2. The molecule has 6 atom stereocenters. The Morgan fingerprint density at radius 1 is 1.27 bits per heavy atom. The maximum absolute atomic E-state index is 13.5. The summed E-state index contributed by atoms with van der Waals surface area (Å²) in [6, 6.07) is 4.22. The number of carbonyl (C=O) groups is 4. The van der Waals surface area contributed by atoms with E-state index in [-0.39, 0.29) is 23.3 Å². The highest BCUT2D eigenvalue weighted by atomic mass is 127. The molecule has 1 aromatic carbocycles. The second-order valence-corrected chi connectivity index (χ2v) is 11.6. The minimum Gasteiger partial charge on any atom is -0.458 e. The first-order valence-electron chi connectivity index (χ1n) is 10.7. The molecule has 0 aromatic heterocycles. The van der Waals surface area contributed by atoms with Crippen LogP contribution in [0.2, 0.25) is 0 Å². The molecule has 2 aliphatic carbocycles. The van der Waals surface area contributed by atoms with Gasteiger partial charge in [0.25, 0.3) is 0 Å². The van der Waals surface area contributed by atoms with Crippen LogP contribution in [0.15, 0.2) is 30.4 Å². The fourth-order valence-electron chi connectivity index (χ4n) is 4.90. The Morgan fingerprint density at radius 3 is 2.57 bits per heavy atom. The van der Waals surface area contributed by atoms with Crippen molar-refractivity contribution in [1.82, 2.24) is 0 Å². The molecule has 1 aromatic rings. The van der Waals surface area contributed by atoms with Crippen molar-refractivity contribution < 1.29 is 59.9 Å². The van der Waals surface area contributed by atoms with Gasteiger partial charge < -0.3 is 18.9 Å². The number of rotatable bonds is 8. The molecule has 11 nitrogen and oxygen atoms in total. The van der Waals surface area contributed by atoms with E-state index in [1.807, 2.05) is 22.6 Å². The van der Waals surface area contributed by atoms with E-state index in [0.717, 1.165) is 0 Å². The summed E-state index contributed by atoms with van der Waals surface area (Å²) in [6.07, 6.45) is -1.78. The number of halogens is 3. The van der Waals surface area contributed by atoms with E-state index < -0.39 is 81.7 Å². The number of ether oxygens (including phenoxy) is 4. The van der Waals surface area contributed by atoms with Crippen molar-refractivity contribution in [3.63, 3.8) is 0 Å². The molecule has 2 bridgehead atoms. The summed E-state index contributed by atoms with van der Waals surface area (Å²) >= 11 is 1.86. The van der Waals surface area contributed by atoms with Crippen LogP contribution in [-0.4, -0.2) is 60.9 Å². The number of esters is 4. The number of hydrogen-bond donors (Lipinski definition) is 1. The van der Waals surface area contributed by atoms with Crippen molar-refractivity contribution in [2.75, 3.05) is 6.61 Å². The number of alkyl halides is 2. The molecule has 200 valence electrons. The minimum absolute atomic E-state index is 0.0168. The van der Waals surface area contributed by atoms with E-state index in [2.05, 4.69) is 11.3 Å². The minimum atomic E-state index is -5.84. The lowest BCUT2D eigenvalue weighted by atomic mass is 9.78. The zero-order valence-electron chi connectivity index (χ0n) is 18.9. The highest BCUT2D eigenvalue weighted by Gasteiger charge is 2.70. The Bertz CT molecular complexity index is 1310. The van der Waals surface area contributed by atoms with Crippen LogP contribution >= 0.6 is 22.6 Å². The van der Waals surface area contributed by atoms with Crippen molar-refractivity contribution in [2.24, 2.45) is 23.7 Å². The second kappa shape index (κ2) is 9.58. The maximum Gasteiger partial charge on any atom is 0.402 e. The Kier molecular flexibility index (Phi) is 7.09. The highest BCUT2D eigenvalue weighted by Crippen LogP contribution is 2.59. The van der Waals surface area contributed by atoms with Crippen LogP contribution in [0.5, 0.6) is 5.75 Å². The van der Waals surface area contributed by atoms with Crippen LogP contribution in [0.4, 0.5) is 8.78 Å². The Morgan fingerprint density at radius 2 is 1.95 bits per heavy atom. The third-order valence-corrected chi connectivity index (χ3v) is 8.35. The second-order valence-electron chi connectivity index (χ2n) is 8.92. The summed E-state index contributed by atoms with van der Waals surface area (Å²) in [7, 11) is -5.84. The van der Waals surface area contributed by atoms with Crippen molar-refractivity contribution in [1.29, 1.82) is 0 Å². The summed E-state index contributed by atoms with van der Waals surface area (Å²) < 4.78 is 78.2. The molecule has 2 saturated carbocycles. The van der Waals surface area contributed by atoms with Gasteiger partial charge in [-0.25, -0.2) is 9.59 Å². The molecule has 1 saturated heterocycles. The van der Waals surface area contributed by atoms with Crippen LogP contribution in [0.3, 0.4) is 0 Å². The van der Waals surface area contributed by atoms with Gasteiger partial charge in [0.2, 0.25) is 0 Å². The topological polar surface area (TPSA) is 160 Å². The van der Waals surface area contributed by atoms with Crippen LogP contribution in [0, 0.1) is 27.2 Å². The molecule has 3 aliphatic rings.